The number of aliphatic hydroxyl groups excluding tert-OH is 1. The first kappa shape index (κ1) is 14.0. The van der Waals surface area contributed by atoms with Gasteiger partial charge in [-0.15, -0.1) is 11.8 Å². The maximum atomic E-state index is 9.29. The van der Waals surface area contributed by atoms with E-state index in [0.717, 1.165) is 34.3 Å². The van der Waals surface area contributed by atoms with Crippen molar-refractivity contribution in [3.8, 4) is 0 Å². The van der Waals surface area contributed by atoms with Crippen molar-refractivity contribution in [3.63, 3.8) is 0 Å². The normalized spacial score (nSPS) is 24.4. The molecule has 0 radical (unpaired) electrons. The fourth-order valence-corrected chi connectivity index (χ4v) is 3.99. The molecule has 0 spiro atoms. The molecule has 2 aliphatic carbocycles. The number of allylic oxidation sites excluding steroid dienone is 1. The molecule has 2 atom stereocenters. The molecule has 2 aromatic heterocycles. The van der Waals surface area contributed by atoms with Crippen molar-refractivity contribution in [1.29, 1.82) is 0 Å². The van der Waals surface area contributed by atoms with E-state index < -0.39 is 0 Å². The highest BCUT2D eigenvalue weighted by Gasteiger charge is 2.25. The molecule has 22 heavy (non-hydrogen) atoms. The van der Waals surface area contributed by atoms with Crippen LogP contribution in [0, 0.1) is 11.8 Å². The standard InChI is InChI=1S/C15H19N5OS/c16-15-18-13-12(14(19-15)22-7-9-1-2-9)17-8-20(13)11-4-3-10(5-11)6-21/h3-4,8-11,21H,1-2,5-7H2,(H2,16,18,19). The van der Waals surface area contributed by atoms with E-state index in [4.69, 9.17) is 5.73 Å². The Balaban J connectivity index is 1.67. The summed E-state index contributed by atoms with van der Waals surface area (Å²) in [5.74, 6) is 2.41. The van der Waals surface area contributed by atoms with Crippen LogP contribution in [0.15, 0.2) is 23.5 Å². The van der Waals surface area contributed by atoms with E-state index in [1.807, 2.05) is 10.9 Å². The molecule has 2 aromatic rings. The summed E-state index contributed by atoms with van der Waals surface area (Å²) in [7, 11) is 0. The van der Waals surface area contributed by atoms with Gasteiger partial charge in [-0.1, -0.05) is 12.2 Å². The molecule has 7 heteroatoms. The summed E-state index contributed by atoms with van der Waals surface area (Å²) in [6.45, 7) is 0.180. The summed E-state index contributed by atoms with van der Waals surface area (Å²) in [6, 6.07) is 0.178. The van der Waals surface area contributed by atoms with Gasteiger partial charge in [0.15, 0.2) is 5.65 Å². The van der Waals surface area contributed by atoms with E-state index >= 15 is 0 Å². The van der Waals surface area contributed by atoms with Crippen molar-refractivity contribution in [2.45, 2.75) is 30.3 Å². The van der Waals surface area contributed by atoms with Gasteiger partial charge >= 0.3 is 0 Å². The van der Waals surface area contributed by atoms with Gasteiger partial charge in [-0.2, -0.15) is 4.98 Å². The van der Waals surface area contributed by atoms with Crippen molar-refractivity contribution in [2.24, 2.45) is 11.8 Å². The second-order valence-electron chi connectivity index (χ2n) is 6.10. The van der Waals surface area contributed by atoms with Gasteiger partial charge in [0.05, 0.1) is 12.4 Å². The summed E-state index contributed by atoms with van der Waals surface area (Å²) in [6.07, 6.45) is 9.49. The summed E-state index contributed by atoms with van der Waals surface area (Å²) < 4.78 is 2.04. The van der Waals surface area contributed by atoms with Gasteiger partial charge in [0.25, 0.3) is 0 Å². The van der Waals surface area contributed by atoms with E-state index in [9.17, 15) is 5.11 Å². The first-order valence-corrected chi connectivity index (χ1v) is 8.65. The van der Waals surface area contributed by atoms with Crippen LogP contribution >= 0.6 is 11.8 Å². The largest absolute Gasteiger partial charge is 0.396 e. The van der Waals surface area contributed by atoms with E-state index in [2.05, 4.69) is 27.1 Å². The Morgan fingerprint density at radius 3 is 2.91 bits per heavy atom. The van der Waals surface area contributed by atoms with Crippen LogP contribution in [-0.4, -0.2) is 37.0 Å². The number of aliphatic hydroxyl groups is 1. The Morgan fingerprint density at radius 2 is 2.18 bits per heavy atom. The topological polar surface area (TPSA) is 89.8 Å². The zero-order chi connectivity index (χ0) is 15.1. The average Bonchev–Trinajstić information content (AvgIpc) is 3.05. The molecule has 3 N–H and O–H groups in total. The van der Waals surface area contributed by atoms with Crippen molar-refractivity contribution in [2.75, 3.05) is 18.1 Å². The third-order valence-electron chi connectivity index (χ3n) is 4.30. The van der Waals surface area contributed by atoms with E-state index in [-0.39, 0.29) is 18.6 Å². The zero-order valence-electron chi connectivity index (χ0n) is 12.2. The van der Waals surface area contributed by atoms with Gasteiger partial charge in [0, 0.05) is 18.3 Å². The number of hydrogen-bond donors (Lipinski definition) is 2. The van der Waals surface area contributed by atoms with Gasteiger partial charge in [0.2, 0.25) is 5.95 Å². The van der Waals surface area contributed by atoms with E-state index in [0.29, 0.717) is 5.95 Å². The van der Waals surface area contributed by atoms with Gasteiger partial charge in [0.1, 0.15) is 10.5 Å². The SMILES string of the molecule is Nc1nc(SCC2CC2)c2ncn(C3C=CC(CO)C3)c2n1. The maximum Gasteiger partial charge on any atom is 0.223 e. The number of nitrogen functional groups attached to an aromatic ring is 1. The van der Waals surface area contributed by atoms with Crippen LogP contribution in [0.25, 0.3) is 11.2 Å². The smallest absolute Gasteiger partial charge is 0.223 e. The lowest BCUT2D eigenvalue weighted by Crippen LogP contribution is -2.08. The quantitative estimate of drug-likeness (QED) is 0.498. The molecular weight excluding hydrogens is 298 g/mol. The lowest BCUT2D eigenvalue weighted by atomic mass is 10.1. The van der Waals surface area contributed by atoms with Crippen LogP contribution in [-0.2, 0) is 0 Å². The predicted octanol–water partition coefficient (Wildman–Crippen LogP) is 2.02. The monoisotopic (exact) mass is 317 g/mol. The summed E-state index contributed by atoms with van der Waals surface area (Å²) >= 11 is 1.73. The number of thioether (sulfide) groups is 1. The van der Waals surface area contributed by atoms with Gasteiger partial charge in [-0.3, -0.25) is 0 Å². The molecule has 0 amide bonds. The minimum Gasteiger partial charge on any atom is -0.396 e. The van der Waals surface area contributed by atoms with Crippen molar-refractivity contribution in [1.82, 2.24) is 19.5 Å². The van der Waals surface area contributed by atoms with Gasteiger partial charge in [-0.05, 0) is 25.2 Å². The number of anilines is 1. The van der Waals surface area contributed by atoms with Crippen LogP contribution < -0.4 is 5.73 Å². The first-order valence-electron chi connectivity index (χ1n) is 7.66. The van der Waals surface area contributed by atoms with Crippen molar-refractivity contribution < 1.29 is 5.11 Å². The number of aromatic nitrogens is 4. The Kier molecular flexibility index (Phi) is 3.54. The highest BCUT2D eigenvalue weighted by molar-refractivity contribution is 7.99. The third-order valence-corrected chi connectivity index (χ3v) is 5.50. The van der Waals surface area contributed by atoms with Gasteiger partial charge < -0.3 is 15.4 Å². The zero-order valence-corrected chi connectivity index (χ0v) is 13.0. The second kappa shape index (κ2) is 5.55. The molecule has 2 aliphatic rings. The molecule has 2 unspecified atom stereocenters. The number of nitrogens with two attached hydrogens (primary N) is 1. The highest BCUT2D eigenvalue weighted by atomic mass is 32.2. The Morgan fingerprint density at radius 1 is 1.32 bits per heavy atom. The average molecular weight is 317 g/mol. The minimum atomic E-state index is 0.178. The molecule has 0 bridgehead atoms. The summed E-state index contributed by atoms with van der Waals surface area (Å²) in [4.78, 5) is 13.3. The Labute approximate surface area is 132 Å². The summed E-state index contributed by atoms with van der Waals surface area (Å²) in [5, 5.41) is 10.2. The van der Waals surface area contributed by atoms with Crippen molar-refractivity contribution >= 4 is 28.9 Å². The third kappa shape index (κ3) is 2.59. The molecule has 0 saturated heterocycles. The fraction of sp³-hybridized carbons (Fsp3) is 0.533. The lowest BCUT2D eigenvalue weighted by molar-refractivity contribution is 0.244. The van der Waals surface area contributed by atoms with Crippen molar-refractivity contribution in [3.05, 3.63) is 18.5 Å². The number of hydrogen-bond acceptors (Lipinski definition) is 6. The molecule has 116 valence electrons. The highest BCUT2D eigenvalue weighted by Crippen LogP contribution is 2.37. The van der Waals surface area contributed by atoms with Crippen LogP contribution in [0.5, 0.6) is 0 Å². The Bertz CT molecular complexity index is 724. The molecule has 0 aliphatic heterocycles. The van der Waals surface area contributed by atoms with E-state index in [1.54, 1.807) is 11.8 Å². The van der Waals surface area contributed by atoms with Gasteiger partial charge in [-0.25, -0.2) is 9.97 Å². The maximum absolute atomic E-state index is 9.29. The predicted molar refractivity (Wildman–Crippen MR) is 86.6 cm³/mol. The molecular formula is C15H19N5OS. The first-order chi connectivity index (χ1) is 10.7. The lowest BCUT2D eigenvalue weighted by Gasteiger charge is -2.12. The second-order valence-corrected chi connectivity index (χ2v) is 7.10. The van der Waals surface area contributed by atoms with E-state index in [1.165, 1.54) is 12.8 Å². The molecule has 0 aromatic carbocycles. The number of nitrogens with zero attached hydrogens (tertiary/aromatic N) is 4. The number of fused-ring (bicyclic) bond motifs is 1. The van der Waals surface area contributed by atoms with Crippen LogP contribution in [0.1, 0.15) is 25.3 Å². The molecule has 1 saturated carbocycles. The molecule has 1 fully saturated rings. The van der Waals surface area contributed by atoms with Crippen LogP contribution in [0.2, 0.25) is 0 Å². The number of imidazole rings is 1. The fourth-order valence-electron chi connectivity index (χ4n) is 2.83. The molecule has 6 nitrogen and oxygen atoms in total. The molecule has 4 rings (SSSR count). The van der Waals surface area contributed by atoms with Crippen LogP contribution in [0.4, 0.5) is 5.95 Å². The summed E-state index contributed by atoms with van der Waals surface area (Å²) in [5.41, 5.74) is 7.52. The Hall–Kier alpha value is -1.60. The van der Waals surface area contributed by atoms with Crippen LogP contribution in [0.3, 0.4) is 0 Å². The minimum absolute atomic E-state index is 0.178. The number of rotatable bonds is 5. The molecule has 2 heterocycles.